The van der Waals surface area contributed by atoms with Crippen LogP contribution in [0.1, 0.15) is 15.9 Å². The van der Waals surface area contributed by atoms with Crippen LogP contribution in [0.15, 0.2) is 50.9 Å². The van der Waals surface area contributed by atoms with Crippen LogP contribution >= 0.6 is 27.7 Å². The Kier molecular flexibility index (Phi) is 4.20. The van der Waals surface area contributed by atoms with Crippen LogP contribution in [0.5, 0.6) is 0 Å². The second kappa shape index (κ2) is 5.87. The summed E-state index contributed by atoms with van der Waals surface area (Å²) < 4.78 is 0.850. The summed E-state index contributed by atoms with van der Waals surface area (Å²) >= 11 is 4.60. The molecule has 1 heterocycles. The largest absolute Gasteiger partial charge is 0.478 e. The number of pyridine rings is 1. The minimum Gasteiger partial charge on any atom is -0.478 e. The first-order valence-corrected chi connectivity index (χ1v) is 6.78. The number of aromatic carboxylic acids is 1. The van der Waals surface area contributed by atoms with E-state index in [0.29, 0.717) is 10.6 Å². The van der Waals surface area contributed by atoms with Gasteiger partial charge in [0.2, 0.25) is 0 Å². The second-order valence-corrected chi connectivity index (χ2v) is 5.52. The molecule has 0 aliphatic carbocycles. The zero-order valence-corrected chi connectivity index (χ0v) is 11.9. The molecule has 6 heteroatoms. The number of aromatic nitrogens is 1. The molecule has 1 N–H and O–H groups in total. The summed E-state index contributed by atoms with van der Waals surface area (Å²) in [4.78, 5) is 15.7. The first-order chi connectivity index (χ1) is 9.10. The number of carboxylic acids is 1. The SMILES string of the molecule is N#Cc1ccc(Br)cc1Sc1cc(C(=O)O)ccn1. The standard InChI is InChI=1S/C13H7BrN2O2S/c14-10-2-1-9(7-15)11(6-10)19-12-5-8(13(17)18)3-4-16-12/h1-6H,(H,17,18). The molecule has 2 rings (SSSR count). The highest BCUT2D eigenvalue weighted by Crippen LogP contribution is 2.31. The third kappa shape index (κ3) is 3.34. The molecule has 0 atom stereocenters. The molecule has 4 nitrogen and oxygen atoms in total. The molecule has 0 unspecified atom stereocenters. The van der Waals surface area contributed by atoms with Crippen LogP contribution < -0.4 is 0 Å². The van der Waals surface area contributed by atoms with E-state index in [2.05, 4.69) is 27.0 Å². The van der Waals surface area contributed by atoms with Crippen molar-refractivity contribution >= 4 is 33.7 Å². The number of nitriles is 1. The molecule has 0 fully saturated rings. The minimum absolute atomic E-state index is 0.172. The summed E-state index contributed by atoms with van der Waals surface area (Å²) in [7, 11) is 0. The molecule has 0 radical (unpaired) electrons. The normalized spacial score (nSPS) is 9.89. The molecule has 0 saturated carbocycles. The Balaban J connectivity index is 2.36. The van der Waals surface area contributed by atoms with Crippen molar-refractivity contribution in [2.45, 2.75) is 9.92 Å². The van der Waals surface area contributed by atoms with Crippen molar-refractivity contribution in [3.8, 4) is 6.07 Å². The van der Waals surface area contributed by atoms with Gasteiger partial charge in [-0.25, -0.2) is 9.78 Å². The maximum atomic E-state index is 10.9. The van der Waals surface area contributed by atoms with Gasteiger partial charge in [0.15, 0.2) is 0 Å². The Bertz CT molecular complexity index is 683. The van der Waals surface area contributed by atoms with Crippen molar-refractivity contribution in [2.75, 3.05) is 0 Å². The van der Waals surface area contributed by atoms with Crippen LogP contribution in [0.25, 0.3) is 0 Å². The van der Waals surface area contributed by atoms with E-state index in [9.17, 15) is 4.79 Å². The highest BCUT2D eigenvalue weighted by Gasteiger charge is 2.09. The van der Waals surface area contributed by atoms with Crippen LogP contribution in [0.2, 0.25) is 0 Å². The van der Waals surface area contributed by atoms with E-state index in [1.807, 2.05) is 0 Å². The van der Waals surface area contributed by atoms with E-state index < -0.39 is 5.97 Å². The van der Waals surface area contributed by atoms with Gasteiger partial charge in [0.05, 0.1) is 11.1 Å². The predicted octanol–water partition coefficient (Wildman–Crippen LogP) is 3.57. The van der Waals surface area contributed by atoms with Crippen molar-refractivity contribution < 1.29 is 9.90 Å². The lowest BCUT2D eigenvalue weighted by Crippen LogP contribution is -1.96. The van der Waals surface area contributed by atoms with Gasteiger partial charge in [0, 0.05) is 15.6 Å². The molecule has 1 aromatic carbocycles. The van der Waals surface area contributed by atoms with Crippen molar-refractivity contribution in [1.82, 2.24) is 4.98 Å². The van der Waals surface area contributed by atoms with Gasteiger partial charge in [0.25, 0.3) is 0 Å². The van der Waals surface area contributed by atoms with Crippen molar-refractivity contribution in [1.29, 1.82) is 5.26 Å². The molecular formula is C13H7BrN2O2S. The quantitative estimate of drug-likeness (QED) is 0.928. The number of hydrogen-bond donors (Lipinski definition) is 1. The Morgan fingerprint density at radius 1 is 1.37 bits per heavy atom. The number of nitrogens with zero attached hydrogens (tertiary/aromatic N) is 2. The Hall–Kier alpha value is -1.84. The molecule has 94 valence electrons. The third-order valence-electron chi connectivity index (χ3n) is 2.26. The predicted molar refractivity (Wildman–Crippen MR) is 74.2 cm³/mol. The van der Waals surface area contributed by atoms with Crippen LogP contribution in [0.3, 0.4) is 0 Å². The monoisotopic (exact) mass is 334 g/mol. The third-order valence-corrected chi connectivity index (χ3v) is 3.74. The molecule has 0 saturated heterocycles. The molecule has 0 spiro atoms. The molecule has 0 aliphatic rings. The summed E-state index contributed by atoms with van der Waals surface area (Å²) in [6.45, 7) is 0. The van der Waals surface area contributed by atoms with Crippen LogP contribution in [-0.2, 0) is 0 Å². The maximum Gasteiger partial charge on any atom is 0.335 e. The van der Waals surface area contributed by atoms with Gasteiger partial charge in [-0.05, 0) is 30.3 Å². The molecule has 0 aliphatic heterocycles. The van der Waals surface area contributed by atoms with Crippen molar-refractivity contribution in [2.24, 2.45) is 0 Å². The summed E-state index contributed by atoms with van der Waals surface area (Å²) in [5.74, 6) is -1.00. The Labute approximate surface area is 122 Å². The first kappa shape index (κ1) is 13.6. The van der Waals surface area contributed by atoms with Crippen LogP contribution in [0, 0.1) is 11.3 Å². The first-order valence-electron chi connectivity index (χ1n) is 5.17. The molecule has 0 amide bonds. The van der Waals surface area contributed by atoms with E-state index in [4.69, 9.17) is 10.4 Å². The van der Waals surface area contributed by atoms with Gasteiger partial charge >= 0.3 is 5.97 Å². The highest BCUT2D eigenvalue weighted by molar-refractivity contribution is 9.10. The second-order valence-electron chi connectivity index (χ2n) is 3.54. The van der Waals surface area contributed by atoms with E-state index >= 15 is 0 Å². The van der Waals surface area contributed by atoms with E-state index in [1.165, 1.54) is 30.1 Å². The zero-order valence-electron chi connectivity index (χ0n) is 9.50. The van der Waals surface area contributed by atoms with E-state index in [1.54, 1.807) is 18.2 Å². The molecule has 1 aromatic heterocycles. The average molecular weight is 335 g/mol. The van der Waals surface area contributed by atoms with E-state index in [-0.39, 0.29) is 5.56 Å². The number of halogens is 1. The highest BCUT2D eigenvalue weighted by atomic mass is 79.9. The Morgan fingerprint density at radius 3 is 2.84 bits per heavy atom. The van der Waals surface area contributed by atoms with Crippen molar-refractivity contribution in [3.63, 3.8) is 0 Å². The molecular weight excluding hydrogens is 328 g/mol. The summed E-state index contributed by atoms with van der Waals surface area (Å²) in [6.07, 6.45) is 1.44. The fourth-order valence-electron chi connectivity index (χ4n) is 1.38. The lowest BCUT2D eigenvalue weighted by atomic mass is 10.2. The lowest BCUT2D eigenvalue weighted by Gasteiger charge is -2.04. The topological polar surface area (TPSA) is 74.0 Å². The van der Waals surface area contributed by atoms with Gasteiger partial charge in [0.1, 0.15) is 11.1 Å². The van der Waals surface area contributed by atoms with Gasteiger partial charge < -0.3 is 5.11 Å². The maximum absolute atomic E-state index is 10.9. The number of carbonyl (C=O) groups is 1. The number of carboxylic acid groups (broad SMARTS) is 1. The average Bonchev–Trinajstić information content (AvgIpc) is 2.39. The van der Waals surface area contributed by atoms with Gasteiger partial charge in [-0.15, -0.1) is 0 Å². The molecule has 0 bridgehead atoms. The summed E-state index contributed by atoms with van der Waals surface area (Å²) in [6, 6.07) is 10.3. The van der Waals surface area contributed by atoms with Gasteiger partial charge in [-0.2, -0.15) is 5.26 Å². The smallest absolute Gasteiger partial charge is 0.335 e. The van der Waals surface area contributed by atoms with Crippen LogP contribution in [-0.4, -0.2) is 16.1 Å². The fourth-order valence-corrected chi connectivity index (χ4v) is 2.83. The summed E-state index contributed by atoms with van der Waals surface area (Å²) in [5, 5.41) is 18.5. The number of benzene rings is 1. The van der Waals surface area contributed by atoms with Gasteiger partial charge in [-0.1, -0.05) is 27.7 Å². The van der Waals surface area contributed by atoms with Crippen LogP contribution in [0.4, 0.5) is 0 Å². The van der Waals surface area contributed by atoms with Crippen molar-refractivity contribution in [3.05, 3.63) is 52.1 Å². The van der Waals surface area contributed by atoms with E-state index in [0.717, 1.165) is 9.37 Å². The lowest BCUT2D eigenvalue weighted by molar-refractivity contribution is 0.0696. The fraction of sp³-hybridized carbons (Fsp3) is 0. The number of hydrogen-bond acceptors (Lipinski definition) is 4. The Morgan fingerprint density at radius 2 is 2.16 bits per heavy atom. The van der Waals surface area contributed by atoms with Gasteiger partial charge in [-0.3, -0.25) is 0 Å². The molecule has 2 aromatic rings. The summed E-state index contributed by atoms with van der Waals surface area (Å²) in [5.41, 5.74) is 0.696. The zero-order chi connectivity index (χ0) is 13.8. The number of rotatable bonds is 3. The molecule has 19 heavy (non-hydrogen) atoms. The minimum atomic E-state index is -1.00.